The molecule has 1 saturated carbocycles. The van der Waals surface area contributed by atoms with Gasteiger partial charge in [-0.2, -0.15) is 13.2 Å². The summed E-state index contributed by atoms with van der Waals surface area (Å²) in [5.41, 5.74) is -2.56. The SMILES string of the molecule is COC(=O)c1c(N2CCC3(CC2)CC3(F)F)ncc(C(F)(F)F)c1C. The lowest BCUT2D eigenvalue weighted by atomic mass is 9.92. The maximum absolute atomic E-state index is 13.5. The van der Waals surface area contributed by atoms with E-state index in [4.69, 9.17) is 0 Å². The summed E-state index contributed by atoms with van der Waals surface area (Å²) in [5.74, 6) is -3.55. The van der Waals surface area contributed by atoms with Crippen molar-refractivity contribution in [2.45, 2.75) is 38.3 Å². The Bertz CT molecular complexity index is 709. The minimum atomic E-state index is -4.65. The van der Waals surface area contributed by atoms with Crippen LogP contribution < -0.4 is 4.90 Å². The smallest absolute Gasteiger partial charge is 0.418 e. The van der Waals surface area contributed by atoms with Gasteiger partial charge in [0.15, 0.2) is 0 Å². The van der Waals surface area contributed by atoms with Gasteiger partial charge in [-0.1, -0.05) is 0 Å². The Balaban J connectivity index is 1.94. The van der Waals surface area contributed by atoms with Crippen LogP contribution in [0.2, 0.25) is 0 Å². The van der Waals surface area contributed by atoms with Crippen molar-refractivity contribution >= 4 is 11.8 Å². The first-order valence-corrected chi connectivity index (χ1v) is 7.80. The summed E-state index contributed by atoms with van der Waals surface area (Å²) in [4.78, 5) is 17.4. The molecule has 0 unspecified atom stereocenters. The van der Waals surface area contributed by atoms with Gasteiger partial charge in [0.2, 0.25) is 0 Å². The minimum absolute atomic E-state index is 0.0520. The molecule has 0 bridgehead atoms. The second kappa shape index (κ2) is 5.54. The van der Waals surface area contributed by atoms with Gasteiger partial charge in [-0.25, -0.2) is 18.6 Å². The second-order valence-electron chi connectivity index (χ2n) is 6.63. The second-order valence-corrected chi connectivity index (χ2v) is 6.63. The van der Waals surface area contributed by atoms with Gasteiger partial charge in [0, 0.05) is 31.1 Å². The molecule has 138 valence electrons. The van der Waals surface area contributed by atoms with Crippen LogP contribution in [0.4, 0.5) is 27.8 Å². The molecule has 25 heavy (non-hydrogen) atoms. The zero-order valence-corrected chi connectivity index (χ0v) is 13.7. The molecule has 0 aromatic carbocycles. The molecule has 2 aliphatic rings. The van der Waals surface area contributed by atoms with E-state index >= 15 is 0 Å². The van der Waals surface area contributed by atoms with Crippen LogP contribution in [0, 0.1) is 12.3 Å². The summed E-state index contributed by atoms with van der Waals surface area (Å²) in [6.07, 6.45) is -3.71. The van der Waals surface area contributed by atoms with E-state index in [1.807, 2.05) is 0 Å². The number of hydrogen-bond acceptors (Lipinski definition) is 4. The van der Waals surface area contributed by atoms with Gasteiger partial charge in [-0.05, 0) is 25.3 Å². The third kappa shape index (κ3) is 2.83. The summed E-state index contributed by atoms with van der Waals surface area (Å²) >= 11 is 0. The molecule has 2 fully saturated rings. The van der Waals surface area contributed by atoms with Crippen LogP contribution in [0.25, 0.3) is 0 Å². The van der Waals surface area contributed by atoms with Crippen molar-refractivity contribution in [2.75, 3.05) is 25.1 Å². The molecule has 1 saturated heterocycles. The molecular weight excluding hydrogens is 347 g/mol. The van der Waals surface area contributed by atoms with Gasteiger partial charge >= 0.3 is 12.1 Å². The van der Waals surface area contributed by atoms with Crippen LogP contribution in [0.5, 0.6) is 0 Å². The minimum Gasteiger partial charge on any atom is -0.465 e. The van der Waals surface area contributed by atoms with E-state index in [0.29, 0.717) is 6.20 Å². The maximum atomic E-state index is 13.5. The fourth-order valence-electron chi connectivity index (χ4n) is 3.53. The Labute approximate surface area is 141 Å². The molecule has 1 aromatic heterocycles. The molecule has 1 aliphatic heterocycles. The fraction of sp³-hybridized carbons (Fsp3) is 0.625. The van der Waals surface area contributed by atoms with E-state index in [-0.39, 0.29) is 49.3 Å². The third-order valence-corrected chi connectivity index (χ3v) is 5.24. The number of alkyl halides is 5. The van der Waals surface area contributed by atoms with Gasteiger partial charge in [0.1, 0.15) is 11.4 Å². The van der Waals surface area contributed by atoms with Crippen molar-refractivity contribution in [3.8, 4) is 0 Å². The zero-order chi connectivity index (χ0) is 18.6. The van der Waals surface area contributed by atoms with Crippen molar-refractivity contribution in [3.05, 3.63) is 22.9 Å². The standard InChI is InChI=1S/C16H17F5N2O2/c1-9-10(16(19,20)21)7-22-12(11(9)13(24)25-2)23-5-3-14(4-6-23)8-15(14,17)18/h7H,3-6,8H2,1-2H3. The van der Waals surface area contributed by atoms with Crippen molar-refractivity contribution in [1.29, 1.82) is 0 Å². The van der Waals surface area contributed by atoms with Crippen LogP contribution in [0.1, 0.15) is 40.7 Å². The highest BCUT2D eigenvalue weighted by molar-refractivity contribution is 5.96. The lowest BCUT2D eigenvalue weighted by molar-refractivity contribution is -0.138. The predicted octanol–water partition coefficient (Wildman–Crippen LogP) is 3.82. The summed E-state index contributed by atoms with van der Waals surface area (Å²) in [5, 5.41) is 0. The number of halogens is 5. The first kappa shape index (κ1) is 17.9. The molecule has 4 nitrogen and oxygen atoms in total. The Hall–Kier alpha value is -1.93. The fourth-order valence-corrected chi connectivity index (χ4v) is 3.53. The Kier molecular flexibility index (Phi) is 3.96. The summed E-state index contributed by atoms with van der Waals surface area (Å²) in [7, 11) is 1.07. The van der Waals surface area contributed by atoms with Crippen molar-refractivity contribution < 1.29 is 31.5 Å². The number of ether oxygens (including phenoxy) is 1. The average Bonchev–Trinajstić information content (AvgIpc) is 3.05. The molecule has 0 N–H and O–H groups in total. The molecule has 1 aromatic rings. The predicted molar refractivity (Wildman–Crippen MR) is 78.8 cm³/mol. The number of carbonyl (C=O) groups excluding carboxylic acids is 1. The van der Waals surface area contributed by atoms with Gasteiger partial charge < -0.3 is 9.64 Å². The van der Waals surface area contributed by atoms with Crippen LogP contribution in [0.3, 0.4) is 0 Å². The number of methoxy groups -OCH3 is 1. The van der Waals surface area contributed by atoms with Gasteiger partial charge in [0.05, 0.1) is 12.7 Å². The molecule has 9 heteroatoms. The normalized spacial score (nSPS) is 21.3. The maximum Gasteiger partial charge on any atom is 0.418 e. The summed E-state index contributed by atoms with van der Waals surface area (Å²) in [6, 6.07) is 0. The van der Waals surface area contributed by atoms with E-state index in [1.54, 1.807) is 4.90 Å². The first-order valence-electron chi connectivity index (χ1n) is 7.80. The number of aromatic nitrogens is 1. The number of nitrogens with zero attached hydrogens (tertiary/aromatic N) is 2. The highest BCUT2D eigenvalue weighted by atomic mass is 19.4. The van der Waals surface area contributed by atoms with Crippen molar-refractivity contribution in [2.24, 2.45) is 5.41 Å². The van der Waals surface area contributed by atoms with Gasteiger partial charge in [-0.3, -0.25) is 0 Å². The lowest BCUT2D eigenvalue weighted by Gasteiger charge is -2.34. The Morgan fingerprint density at radius 3 is 2.28 bits per heavy atom. The van der Waals surface area contributed by atoms with Crippen molar-refractivity contribution in [1.82, 2.24) is 4.98 Å². The van der Waals surface area contributed by atoms with Crippen LogP contribution in [-0.4, -0.2) is 37.1 Å². The number of rotatable bonds is 2. The van der Waals surface area contributed by atoms with Crippen LogP contribution >= 0.6 is 0 Å². The molecular formula is C16H17F5N2O2. The number of piperidine rings is 1. The highest BCUT2D eigenvalue weighted by Crippen LogP contribution is 2.66. The van der Waals surface area contributed by atoms with Crippen molar-refractivity contribution in [3.63, 3.8) is 0 Å². The molecule has 2 heterocycles. The first-order chi connectivity index (χ1) is 11.5. The van der Waals surface area contributed by atoms with E-state index in [2.05, 4.69) is 9.72 Å². The highest BCUT2D eigenvalue weighted by Gasteiger charge is 2.70. The molecule has 0 amide bonds. The van der Waals surface area contributed by atoms with E-state index < -0.39 is 29.0 Å². The van der Waals surface area contributed by atoms with E-state index in [9.17, 15) is 26.7 Å². The lowest BCUT2D eigenvalue weighted by Crippen LogP contribution is -2.38. The number of anilines is 1. The quantitative estimate of drug-likeness (QED) is 0.591. The number of carbonyl (C=O) groups is 1. The van der Waals surface area contributed by atoms with Gasteiger partial charge in [-0.15, -0.1) is 0 Å². The third-order valence-electron chi connectivity index (χ3n) is 5.24. The topological polar surface area (TPSA) is 42.4 Å². The summed E-state index contributed by atoms with van der Waals surface area (Å²) < 4.78 is 70.8. The van der Waals surface area contributed by atoms with Gasteiger partial charge in [0.25, 0.3) is 5.92 Å². The van der Waals surface area contributed by atoms with E-state index in [0.717, 1.165) is 7.11 Å². The number of hydrogen-bond donors (Lipinski definition) is 0. The zero-order valence-electron chi connectivity index (χ0n) is 13.7. The molecule has 1 spiro atoms. The Morgan fingerprint density at radius 2 is 1.84 bits per heavy atom. The monoisotopic (exact) mass is 364 g/mol. The van der Waals surface area contributed by atoms with Crippen LogP contribution in [0.15, 0.2) is 6.20 Å². The Morgan fingerprint density at radius 1 is 1.28 bits per heavy atom. The molecule has 3 rings (SSSR count). The largest absolute Gasteiger partial charge is 0.465 e. The summed E-state index contributed by atoms with van der Waals surface area (Å²) in [6.45, 7) is 1.59. The number of pyridine rings is 1. The molecule has 0 radical (unpaired) electrons. The average molecular weight is 364 g/mol. The van der Waals surface area contributed by atoms with Crippen LogP contribution in [-0.2, 0) is 10.9 Å². The van der Waals surface area contributed by atoms with E-state index in [1.165, 1.54) is 6.92 Å². The molecule has 0 atom stereocenters. The number of esters is 1. The molecule has 1 aliphatic carbocycles.